The van der Waals surface area contributed by atoms with Crippen LogP contribution in [0, 0.1) is 0 Å². The zero-order valence-electron chi connectivity index (χ0n) is 8.26. The highest BCUT2D eigenvalue weighted by Gasteiger charge is 2.08. The Bertz CT molecular complexity index is 278. The second kappa shape index (κ2) is 4.07. The summed E-state index contributed by atoms with van der Waals surface area (Å²) in [5, 5.41) is 3.89. The molecular weight excluding hydrogens is 184 g/mol. The third kappa shape index (κ3) is 4.25. The molecule has 1 aromatic heterocycles. The van der Waals surface area contributed by atoms with Gasteiger partial charge < -0.3 is 5.32 Å². The van der Waals surface area contributed by atoms with E-state index < -0.39 is 0 Å². The standard InChI is InChI=1S/C10H15ClN2/c1-10(2,3)12-7-8-5-4-6-9(11)13-8/h4-6,12H,7H2,1-3H3. The predicted octanol–water partition coefficient (Wildman–Crippen LogP) is 2.62. The summed E-state index contributed by atoms with van der Waals surface area (Å²) in [6, 6.07) is 5.65. The first-order valence-electron chi connectivity index (χ1n) is 4.34. The number of hydrogen-bond donors (Lipinski definition) is 1. The molecular formula is C10H15ClN2. The first-order valence-corrected chi connectivity index (χ1v) is 4.72. The lowest BCUT2D eigenvalue weighted by Gasteiger charge is -2.20. The first kappa shape index (κ1) is 10.5. The molecule has 0 radical (unpaired) electrons. The smallest absolute Gasteiger partial charge is 0.129 e. The van der Waals surface area contributed by atoms with E-state index in [1.807, 2.05) is 12.1 Å². The number of hydrogen-bond acceptors (Lipinski definition) is 2. The van der Waals surface area contributed by atoms with Gasteiger partial charge in [0.1, 0.15) is 5.15 Å². The van der Waals surface area contributed by atoms with Crippen molar-refractivity contribution in [2.45, 2.75) is 32.9 Å². The molecule has 0 aliphatic heterocycles. The Morgan fingerprint density at radius 3 is 2.62 bits per heavy atom. The number of halogens is 1. The molecule has 0 aliphatic carbocycles. The second-order valence-electron chi connectivity index (χ2n) is 4.06. The van der Waals surface area contributed by atoms with E-state index in [-0.39, 0.29) is 5.54 Å². The fraction of sp³-hybridized carbons (Fsp3) is 0.500. The van der Waals surface area contributed by atoms with Gasteiger partial charge in [0.2, 0.25) is 0 Å². The Balaban J connectivity index is 2.55. The van der Waals surface area contributed by atoms with Gasteiger partial charge in [0.05, 0.1) is 5.69 Å². The molecule has 1 N–H and O–H groups in total. The van der Waals surface area contributed by atoms with Gasteiger partial charge in [-0.05, 0) is 32.9 Å². The van der Waals surface area contributed by atoms with Crippen molar-refractivity contribution in [3.8, 4) is 0 Å². The Labute approximate surface area is 84.3 Å². The quantitative estimate of drug-likeness (QED) is 0.740. The number of rotatable bonds is 2. The van der Waals surface area contributed by atoms with Gasteiger partial charge in [-0.3, -0.25) is 0 Å². The molecule has 0 saturated heterocycles. The Kier molecular flexibility index (Phi) is 3.28. The molecule has 0 fully saturated rings. The highest BCUT2D eigenvalue weighted by Crippen LogP contribution is 2.06. The molecule has 0 spiro atoms. The molecule has 0 amide bonds. The third-order valence-electron chi connectivity index (χ3n) is 1.57. The van der Waals surface area contributed by atoms with E-state index in [0.29, 0.717) is 5.15 Å². The SMILES string of the molecule is CC(C)(C)NCc1cccc(Cl)n1. The molecule has 1 heterocycles. The van der Waals surface area contributed by atoms with Gasteiger partial charge in [-0.25, -0.2) is 4.98 Å². The zero-order valence-corrected chi connectivity index (χ0v) is 9.02. The van der Waals surface area contributed by atoms with Crippen LogP contribution >= 0.6 is 11.6 Å². The summed E-state index contributed by atoms with van der Waals surface area (Å²) < 4.78 is 0. The van der Waals surface area contributed by atoms with Gasteiger partial charge in [0.25, 0.3) is 0 Å². The van der Waals surface area contributed by atoms with Gasteiger partial charge in [-0.15, -0.1) is 0 Å². The normalized spacial score (nSPS) is 11.7. The number of pyridine rings is 1. The molecule has 1 rings (SSSR count). The highest BCUT2D eigenvalue weighted by atomic mass is 35.5. The van der Waals surface area contributed by atoms with Crippen LogP contribution in [0.1, 0.15) is 26.5 Å². The predicted molar refractivity (Wildman–Crippen MR) is 55.8 cm³/mol. The largest absolute Gasteiger partial charge is 0.306 e. The monoisotopic (exact) mass is 198 g/mol. The van der Waals surface area contributed by atoms with E-state index in [1.54, 1.807) is 6.07 Å². The van der Waals surface area contributed by atoms with Crippen molar-refractivity contribution in [1.82, 2.24) is 10.3 Å². The molecule has 72 valence electrons. The summed E-state index contributed by atoms with van der Waals surface area (Å²) in [4.78, 5) is 4.18. The molecule has 0 atom stereocenters. The van der Waals surface area contributed by atoms with E-state index in [2.05, 4.69) is 31.1 Å². The Morgan fingerprint density at radius 2 is 2.08 bits per heavy atom. The first-order chi connectivity index (χ1) is 5.97. The summed E-state index contributed by atoms with van der Waals surface area (Å²) in [6.07, 6.45) is 0. The summed E-state index contributed by atoms with van der Waals surface area (Å²) >= 11 is 5.76. The van der Waals surface area contributed by atoms with Crippen LogP contribution in [-0.4, -0.2) is 10.5 Å². The number of nitrogens with zero attached hydrogens (tertiary/aromatic N) is 1. The van der Waals surface area contributed by atoms with E-state index in [0.717, 1.165) is 12.2 Å². The van der Waals surface area contributed by atoms with Gasteiger partial charge in [-0.1, -0.05) is 17.7 Å². The van der Waals surface area contributed by atoms with E-state index in [4.69, 9.17) is 11.6 Å². The van der Waals surface area contributed by atoms with Crippen molar-refractivity contribution in [1.29, 1.82) is 0 Å². The fourth-order valence-corrected chi connectivity index (χ4v) is 1.09. The van der Waals surface area contributed by atoms with Crippen LogP contribution in [0.25, 0.3) is 0 Å². The zero-order chi connectivity index (χ0) is 9.90. The Morgan fingerprint density at radius 1 is 1.38 bits per heavy atom. The Hall–Kier alpha value is -0.600. The topological polar surface area (TPSA) is 24.9 Å². The average molecular weight is 199 g/mol. The van der Waals surface area contributed by atoms with Crippen molar-refractivity contribution in [2.24, 2.45) is 0 Å². The van der Waals surface area contributed by atoms with Crippen LogP contribution in [-0.2, 0) is 6.54 Å². The van der Waals surface area contributed by atoms with Crippen molar-refractivity contribution < 1.29 is 0 Å². The van der Waals surface area contributed by atoms with Crippen molar-refractivity contribution in [3.63, 3.8) is 0 Å². The van der Waals surface area contributed by atoms with Crippen LogP contribution < -0.4 is 5.32 Å². The van der Waals surface area contributed by atoms with Crippen LogP contribution in [0.5, 0.6) is 0 Å². The number of aromatic nitrogens is 1. The molecule has 0 unspecified atom stereocenters. The summed E-state index contributed by atoms with van der Waals surface area (Å²) in [5.74, 6) is 0. The summed E-state index contributed by atoms with van der Waals surface area (Å²) in [7, 11) is 0. The lowest BCUT2D eigenvalue weighted by molar-refractivity contribution is 0.421. The maximum atomic E-state index is 5.76. The molecule has 3 heteroatoms. The number of nitrogens with one attached hydrogen (secondary N) is 1. The second-order valence-corrected chi connectivity index (χ2v) is 4.44. The maximum Gasteiger partial charge on any atom is 0.129 e. The molecule has 13 heavy (non-hydrogen) atoms. The molecule has 0 bridgehead atoms. The molecule has 0 aromatic carbocycles. The third-order valence-corrected chi connectivity index (χ3v) is 1.78. The van der Waals surface area contributed by atoms with Crippen LogP contribution in [0.15, 0.2) is 18.2 Å². The lowest BCUT2D eigenvalue weighted by Crippen LogP contribution is -2.35. The molecule has 1 aromatic rings. The van der Waals surface area contributed by atoms with Crippen LogP contribution in [0.4, 0.5) is 0 Å². The molecule has 0 saturated carbocycles. The minimum atomic E-state index is 0.115. The van der Waals surface area contributed by atoms with E-state index >= 15 is 0 Å². The van der Waals surface area contributed by atoms with Gasteiger partial charge in [-0.2, -0.15) is 0 Å². The van der Waals surface area contributed by atoms with Crippen molar-refractivity contribution in [2.75, 3.05) is 0 Å². The van der Waals surface area contributed by atoms with Gasteiger partial charge in [0.15, 0.2) is 0 Å². The summed E-state index contributed by atoms with van der Waals surface area (Å²) in [6.45, 7) is 7.12. The average Bonchev–Trinajstić information content (AvgIpc) is 2.00. The molecule has 2 nitrogen and oxygen atoms in total. The minimum absolute atomic E-state index is 0.115. The van der Waals surface area contributed by atoms with Crippen molar-refractivity contribution >= 4 is 11.6 Å². The fourth-order valence-electron chi connectivity index (χ4n) is 0.904. The van der Waals surface area contributed by atoms with Crippen LogP contribution in [0.3, 0.4) is 0 Å². The van der Waals surface area contributed by atoms with Crippen molar-refractivity contribution in [3.05, 3.63) is 29.0 Å². The lowest BCUT2D eigenvalue weighted by atomic mass is 10.1. The van der Waals surface area contributed by atoms with Gasteiger partial charge in [0, 0.05) is 12.1 Å². The highest BCUT2D eigenvalue weighted by molar-refractivity contribution is 6.29. The minimum Gasteiger partial charge on any atom is -0.306 e. The summed E-state index contributed by atoms with van der Waals surface area (Å²) in [5.41, 5.74) is 1.09. The van der Waals surface area contributed by atoms with E-state index in [1.165, 1.54) is 0 Å². The van der Waals surface area contributed by atoms with Gasteiger partial charge >= 0.3 is 0 Å². The van der Waals surface area contributed by atoms with Crippen LogP contribution in [0.2, 0.25) is 5.15 Å². The maximum absolute atomic E-state index is 5.76. The van der Waals surface area contributed by atoms with E-state index in [9.17, 15) is 0 Å². The molecule has 0 aliphatic rings.